The fourth-order valence-electron chi connectivity index (χ4n) is 1.92. The second-order valence-corrected chi connectivity index (χ2v) is 5.00. The lowest BCUT2D eigenvalue weighted by Crippen LogP contribution is -2.23. The largest absolute Gasteiger partial charge is 0.481 e. The zero-order valence-electron chi connectivity index (χ0n) is 13.1. The predicted molar refractivity (Wildman–Crippen MR) is 85.9 cm³/mol. The van der Waals surface area contributed by atoms with Crippen LogP contribution in [0.5, 0.6) is 5.88 Å². The Balaban J connectivity index is 1.88. The van der Waals surface area contributed by atoms with Crippen LogP contribution in [0.15, 0.2) is 42.6 Å². The van der Waals surface area contributed by atoms with Gasteiger partial charge in [-0.1, -0.05) is 18.2 Å². The van der Waals surface area contributed by atoms with Gasteiger partial charge < -0.3 is 15.4 Å². The van der Waals surface area contributed by atoms with Crippen LogP contribution >= 0.6 is 0 Å². The molecular formula is C17H19N3O3. The summed E-state index contributed by atoms with van der Waals surface area (Å²) in [6.07, 6.45) is 1.66. The highest BCUT2D eigenvalue weighted by Crippen LogP contribution is 2.08. The quantitative estimate of drug-likeness (QED) is 0.850. The van der Waals surface area contributed by atoms with Gasteiger partial charge in [-0.2, -0.15) is 0 Å². The maximum absolute atomic E-state index is 12.1. The minimum absolute atomic E-state index is 0.0834. The summed E-state index contributed by atoms with van der Waals surface area (Å²) < 4.78 is 4.99. The minimum Gasteiger partial charge on any atom is -0.481 e. The predicted octanol–water partition coefficient (Wildman–Crippen LogP) is 1.66. The molecule has 2 N–H and O–H groups in total. The van der Waals surface area contributed by atoms with Gasteiger partial charge in [0.25, 0.3) is 5.91 Å². The van der Waals surface area contributed by atoms with Gasteiger partial charge >= 0.3 is 0 Å². The Morgan fingerprint density at radius 3 is 2.22 bits per heavy atom. The molecular weight excluding hydrogens is 294 g/mol. The lowest BCUT2D eigenvalue weighted by molar-refractivity contribution is -0.119. The van der Waals surface area contributed by atoms with Gasteiger partial charge in [-0.3, -0.25) is 9.59 Å². The Bertz CT molecular complexity index is 666. The average Bonchev–Trinajstić information content (AvgIpc) is 2.58. The molecule has 6 nitrogen and oxygen atoms in total. The number of hydrogen-bond donors (Lipinski definition) is 2. The van der Waals surface area contributed by atoms with E-state index < -0.39 is 0 Å². The van der Waals surface area contributed by atoms with Crippen molar-refractivity contribution in [2.24, 2.45) is 0 Å². The third-order valence-corrected chi connectivity index (χ3v) is 3.22. The Morgan fingerprint density at radius 1 is 1.00 bits per heavy atom. The van der Waals surface area contributed by atoms with Crippen molar-refractivity contribution in [3.63, 3.8) is 0 Å². The van der Waals surface area contributed by atoms with Crippen LogP contribution in [0.25, 0.3) is 0 Å². The number of nitrogens with zero attached hydrogens (tertiary/aromatic N) is 1. The molecule has 0 spiro atoms. The Kier molecular flexibility index (Phi) is 5.68. The summed E-state index contributed by atoms with van der Waals surface area (Å²) in [7, 11) is 1.55. The Morgan fingerprint density at radius 2 is 1.65 bits per heavy atom. The van der Waals surface area contributed by atoms with E-state index >= 15 is 0 Å². The maximum atomic E-state index is 12.1. The van der Waals surface area contributed by atoms with Gasteiger partial charge in [0.1, 0.15) is 0 Å². The van der Waals surface area contributed by atoms with Gasteiger partial charge in [0, 0.05) is 37.8 Å². The molecule has 1 aromatic heterocycles. The number of methoxy groups -OCH3 is 1. The van der Waals surface area contributed by atoms with Gasteiger partial charge in [-0.05, 0) is 23.3 Å². The molecule has 0 aliphatic rings. The number of amides is 2. The molecule has 0 unspecified atom stereocenters. The van der Waals surface area contributed by atoms with E-state index in [-0.39, 0.29) is 11.8 Å². The van der Waals surface area contributed by atoms with Crippen LogP contribution in [-0.4, -0.2) is 23.9 Å². The molecule has 0 aliphatic heterocycles. The Hall–Kier alpha value is -2.89. The summed E-state index contributed by atoms with van der Waals surface area (Å²) in [6, 6.07) is 10.7. The molecule has 0 atom stereocenters. The van der Waals surface area contributed by atoms with Crippen molar-refractivity contribution in [1.82, 2.24) is 15.6 Å². The highest BCUT2D eigenvalue weighted by molar-refractivity contribution is 5.94. The number of benzene rings is 1. The first-order valence-corrected chi connectivity index (χ1v) is 7.19. The lowest BCUT2D eigenvalue weighted by atomic mass is 10.1. The van der Waals surface area contributed by atoms with E-state index in [1.807, 2.05) is 18.2 Å². The molecule has 0 radical (unpaired) electrons. The number of rotatable bonds is 6. The molecule has 2 rings (SSSR count). The smallest absolute Gasteiger partial charge is 0.251 e. The minimum atomic E-state index is -0.160. The van der Waals surface area contributed by atoms with Crippen molar-refractivity contribution >= 4 is 11.8 Å². The van der Waals surface area contributed by atoms with Gasteiger partial charge in [-0.25, -0.2) is 4.98 Å². The van der Waals surface area contributed by atoms with Crippen LogP contribution in [0.4, 0.5) is 0 Å². The second kappa shape index (κ2) is 7.93. The number of ether oxygens (including phenoxy) is 1. The number of carbonyl (C=O) groups excluding carboxylic acids is 2. The number of aromatic nitrogens is 1. The van der Waals surface area contributed by atoms with Crippen LogP contribution in [0.1, 0.15) is 28.4 Å². The maximum Gasteiger partial charge on any atom is 0.251 e. The fraction of sp³-hybridized carbons (Fsp3) is 0.235. The fourth-order valence-corrected chi connectivity index (χ4v) is 1.92. The number of carbonyl (C=O) groups is 2. The van der Waals surface area contributed by atoms with Crippen LogP contribution in [0, 0.1) is 0 Å². The van der Waals surface area contributed by atoms with E-state index in [9.17, 15) is 9.59 Å². The van der Waals surface area contributed by atoms with E-state index in [1.54, 1.807) is 31.5 Å². The zero-order chi connectivity index (χ0) is 16.7. The van der Waals surface area contributed by atoms with E-state index in [2.05, 4.69) is 15.6 Å². The van der Waals surface area contributed by atoms with Crippen molar-refractivity contribution in [3.05, 3.63) is 59.3 Å². The first-order valence-electron chi connectivity index (χ1n) is 7.19. The van der Waals surface area contributed by atoms with Crippen LogP contribution in [0.3, 0.4) is 0 Å². The molecule has 2 amide bonds. The van der Waals surface area contributed by atoms with Gasteiger partial charge in [0.2, 0.25) is 11.8 Å². The standard InChI is InChI=1S/C17H19N3O3/c1-12(21)18-9-13-3-6-15(7-4-13)17(22)20-11-14-5-8-16(23-2)19-10-14/h3-8,10H,9,11H2,1-2H3,(H,18,21)(H,20,22). The molecule has 6 heteroatoms. The summed E-state index contributed by atoms with van der Waals surface area (Å²) >= 11 is 0. The van der Waals surface area contributed by atoms with Crippen LogP contribution in [-0.2, 0) is 17.9 Å². The normalized spacial score (nSPS) is 10.0. The number of pyridine rings is 1. The van der Waals surface area contributed by atoms with E-state index in [0.29, 0.717) is 24.5 Å². The molecule has 2 aromatic rings. The monoisotopic (exact) mass is 313 g/mol. The van der Waals surface area contributed by atoms with E-state index in [1.165, 1.54) is 6.92 Å². The SMILES string of the molecule is COc1ccc(CNC(=O)c2ccc(CNC(C)=O)cc2)cn1. The second-order valence-electron chi connectivity index (χ2n) is 5.00. The summed E-state index contributed by atoms with van der Waals surface area (Å²) in [5.41, 5.74) is 2.40. The molecule has 0 bridgehead atoms. The summed E-state index contributed by atoms with van der Waals surface area (Å²) in [6.45, 7) is 2.31. The summed E-state index contributed by atoms with van der Waals surface area (Å²) in [5.74, 6) is 0.293. The highest BCUT2D eigenvalue weighted by atomic mass is 16.5. The molecule has 1 heterocycles. The zero-order valence-corrected chi connectivity index (χ0v) is 13.1. The molecule has 0 fully saturated rings. The van der Waals surface area contributed by atoms with Crippen molar-refractivity contribution in [2.45, 2.75) is 20.0 Å². The van der Waals surface area contributed by atoms with Crippen LogP contribution in [0.2, 0.25) is 0 Å². The number of hydrogen-bond acceptors (Lipinski definition) is 4. The highest BCUT2D eigenvalue weighted by Gasteiger charge is 2.06. The van der Waals surface area contributed by atoms with Crippen molar-refractivity contribution in [2.75, 3.05) is 7.11 Å². The first-order chi connectivity index (χ1) is 11.1. The summed E-state index contributed by atoms with van der Waals surface area (Å²) in [5, 5.41) is 5.54. The first kappa shape index (κ1) is 16.5. The van der Waals surface area contributed by atoms with Gasteiger partial charge in [0.15, 0.2) is 0 Å². The van der Waals surface area contributed by atoms with E-state index in [4.69, 9.17) is 4.74 Å². The molecule has 1 aromatic carbocycles. The van der Waals surface area contributed by atoms with Crippen molar-refractivity contribution in [3.8, 4) is 5.88 Å². The third-order valence-electron chi connectivity index (χ3n) is 3.22. The van der Waals surface area contributed by atoms with Gasteiger partial charge in [-0.15, -0.1) is 0 Å². The Labute approximate surface area is 134 Å². The van der Waals surface area contributed by atoms with Crippen molar-refractivity contribution in [1.29, 1.82) is 0 Å². The molecule has 23 heavy (non-hydrogen) atoms. The van der Waals surface area contributed by atoms with E-state index in [0.717, 1.165) is 11.1 Å². The topological polar surface area (TPSA) is 80.3 Å². The molecule has 0 aliphatic carbocycles. The third kappa shape index (κ3) is 5.10. The molecule has 120 valence electrons. The van der Waals surface area contributed by atoms with Crippen LogP contribution < -0.4 is 15.4 Å². The van der Waals surface area contributed by atoms with Gasteiger partial charge in [0.05, 0.1) is 7.11 Å². The molecule has 0 saturated carbocycles. The number of nitrogens with one attached hydrogen (secondary N) is 2. The summed E-state index contributed by atoms with van der Waals surface area (Å²) in [4.78, 5) is 27.0. The average molecular weight is 313 g/mol. The molecule has 0 saturated heterocycles. The van der Waals surface area contributed by atoms with Crippen molar-refractivity contribution < 1.29 is 14.3 Å². The lowest BCUT2D eigenvalue weighted by Gasteiger charge is -2.07.